The van der Waals surface area contributed by atoms with Crippen LogP contribution in [-0.2, 0) is 9.53 Å². The van der Waals surface area contributed by atoms with E-state index < -0.39 is 0 Å². The average Bonchev–Trinajstić information content (AvgIpc) is 2.06. The molecule has 0 spiro atoms. The van der Waals surface area contributed by atoms with Crippen LogP contribution in [0.5, 0.6) is 0 Å². The van der Waals surface area contributed by atoms with Gasteiger partial charge in [-0.3, -0.25) is 10.2 Å². The number of hydrazine groups is 1. The Labute approximate surface area is 66.1 Å². The van der Waals surface area contributed by atoms with E-state index in [-0.39, 0.29) is 5.91 Å². The molecule has 0 aromatic heterocycles. The lowest BCUT2D eigenvalue weighted by Gasteiger charge is -2.20. The highest BCUT2D eigenvalue weighted by atomic mass is 16.5. The SMILES string of the molecule is NNC(=O)CC1CCCOC1. The molecule has 0 aliphatic carbocycles. The van der Waals surface area contributed by atoms with Crippen molar-refractivity contribution in [3.63, 3.8) is 0 Å². The van der Waals surface area contributed by atoms with Crippen molar-refractivity contribution < 1.29 is 9.53 Å². The second-order valence-corrected chi connectivity index (χ2v) is 2.85. The fourth-order valence-corrected chi connectivity index (χ4v) is 1.29. The summed E-state index contributed by atoms with van der Waals surface area (Å²) >= 11 is 0. The van der Waals surface area contributed by atoms with Gasteiger partial charge in [0.25, 0.3) is 0 Å². The van der Waals surface area contributed by atoms with Gasteiger partial charge in [0.1, 0.15) is 0 Å². The summed E-state index contributed by atoms with van der Waals surface area (Å²) in [6.45, 7) is 1.54. The van der Waals surface area contributed by atoms with Crippen molar-refractivity contribution in [3.05, 3.63) is 0 Å². The van der Waals surface area contributed by atoms with Crippen LogP contribution in [0.25, 0.3) is 0 Å². The van der Waals surface area contributed by atoms with Gasteiger partial charge in [-0.1, -0.05) is 0 Å². The summed E-state index contributed by atoms with van der Waals surface area (Å²) in [5.74, 6) is 5.22. The first-order valence-electron chi connectivity index (χ1n) is 3.90. The molecule has 1 aliphatic heterocycles. The van der Waals surface area contributed by atoms with Gasteiger partial charge < -0.3 is 4.74 Å². The maximum absolute atomic E-state index is 10.8. The first-order chi connectivity index (χ1) is 5.33. The molecule has 4 heteroatoms. The molecule has 1 fully saturated rings. The predicted molar refractivity (Wildman–Crippen MR) is 40.5 cm³/mol. The monoisotopic (exact) mass is 158 g/mol. The number of carbonyl (C=O) groups is 1. The summed E-state index contributed by atoms with van der Waals surface area (Å²) in [5.41, 5.74) is 2.12. The molecule has 64 valence electrons. The number of carbonyl (C=O) groups excluding carboxylic acids is 1. The number of rotatable bonds is 2. The summed E-state index contributed by atoms with van der Waals surface area (Å²) in [6, 6.07) is 0. The van der Waals surface area contributed by atoms with E-state index in [1.807, 2.05) is 0 Å². The van der Waals surface area contributed by atoms with Gasteiger partial charge in [-0.2, -0.15) is 0 Å². The van der Waals surface area contributed by atoms with E-state index in [1.54, 1.807) is 0 Å². The van der Waals surface area contributed by atoms with Crippen LogP contribution in [0.1, 0.15) is 19.3 Å². The highest BCUT2D eigenvalue weighted by molar-refractivity contribution is 5.75. The molecule has 1 amide bonds. The number of hydrogen-bond donors (Lipinski definition) is 2. The normalized spacial score (nSPS) is 24.6. The fraction of sp³-hybridized carbons (Fsp3) is 0.857. The number of amides is 1. The minimum atomic E-state index is -0.0968. The number of ether oxygens (including phenoxy) is 1. The average molecular weight is 158 g/mol. The second kappa shape index (κ2) is 4.31. The Bertz CT molecular complexity index is 132. The van der Waals surface area contributed by atoms with E-state index in [0.717, 1.165) is 19.4 Å². The molecule has 1 heterocycles. The first kappa shape index (κ1) is 8.49. The Hall–Kier alpha value is -0.610. The summed E-state index contributed by atoms with van der Waals surface area (Å²) in [7, 11) is 0. The third-order valence-electron chi connectivity index (χ3n) is 1.89. The fourth-order valence-electron chi connectivity index (χ4n) is 1.29. The molecular weight excluding hydrogens is 144 g/mol. The van der Waals surface area contributed by atoms with Crippen molar-refractivity contribution in [1.29, 1.82) is 0 Å². The maximum Gasteiger partial charge on any atom is 0.234 e. The molecule has 11 heavy (non-hydrogen) atoms. The highest BCUT2D eigenvalue weighted by Crippen LogP contribution is 2.16. The van der Waals surface area contributed by atoms with E-state index in [2.05, 4.69) is 5.43 Å². The molecule has 0 bridgehead atoms. The van der Waals surface area contributed by atoms with Gasteiger partial charge in [0.2, 0.25) is 5.91 Å². The van der Waals surface area contributed by atoms with Gasteiger partial charge in [0.15, 0.2) is 0 Å². The maximum atomic E-state index is 10.8. The van der Waals surface area contributed by atoms with Gasteiger partial charge in [-0.25, -0.2) is 5.84 Å². The number of nitrogens with one attached hydrogen (secondary N) is 1. The molecule has 1 rings (SSSR count). The zero-order valence-electron chi connectivity index (χ0n) is 6.51. The van der Waals surface area contributed by atoms with Crippen molar-refractivity contribution in [2.45, 2.75) is 19.3 Å². The van der Waals surface area contributed by atoms with Crippen LogP contribution >= 0.6 is 0 Å². The molecule has 4 nitrogen and oxygen atoms in total. The summed E-state index contributed by atoms with van der Waals surface area (Å²) in [4.78, 5) is 10.8. The minimum Gasteiger partial charge on any atom is -0.381 e. The molecule has 1 aliphatic rings. The van der Waals surface area contributed by atoms with Crippen LogP contribution < -0.4 is 11.3 Å². The number of nitrogens with two attached hydrogens (primary N) is 1. The zero-order valence-corrected chi connectivity index (χ0v) is 6.51. The van der Waals surface area contributed by atoms with E-state index >= 15 is 0 Å². The van der Waals surface area contributed by atoms with E-state index in [4.69, 9.17) is 10.6 Å². The quantitative estimate of drug-likeness (QED) is 0.332. The van der Waals surface area contributed by atoms with Crippen molar-refractivity contribution in [3.8, 4) is 0 Å². The Morgan fingerprint density at radius 1 is 1.73 bits per heavy atom. The lowest BCUT2D eigenvalue weighted by Crippen LogP contribution is -2.33. The van der Waals surface area contributed by atoms with Gasteiger partial charge in [0, 0.05) is 19.6 Å². The molecule has 0 aromatic carbocycles. The molecule has 3 N–H and O–H groups in total. The topological polar surface area (TPSA) is 64.3 Å². The largest absolute Gasteiger partial charge is 0.381 e. The van der Waals surface area contributed by atoms with Gasteiger partial charge in [-0.15, -0.1) is 0 Å². The third-order valence-corrected chi connectivity index (χ3v) is 1.89. The molecule has 1 unspecified atom stereocenters. The van der Waals surface area contributed by atoms with Crippen molar-refractivity contribution in [1.82, 2.24) is 5.43 Å². The van der Waals surface area contributed by atoms with Crippen LogP contribution in [0.4, 0.5) is 0 Å². The number of hydrogen-bond acceptors (Lipinski definition) is 3. The smallest absolute Gasteiger partial charge is 0.234 e. The van der Waals surface area contributed by atoms with Crippen molar-refractivity contribution >= 4 is 5.91 Å². The van der Waals surface area contributed by atoms with E-state index in [9.17, 15) is 4.79 Å². The molecule has 0 aromatic rings. The summed E-state index contributed by atoms with van der Waals surface area (Å²) in [6.07, 6.45) is 2.63. The van der Waals surface area contributed by atoms with Crippen LogP contribution in [0, 0.1) is 5.92 Å². The summed E-state index contributed by atoms with van der Waals surface area (Å²) in [5, 5.41) is 0. The van der Waals surface area contributed by atoms with Gasteiger partial charge in [0.05, 0.1) is 0 Å². The van der Waals surface area contributed by atoms with Crippen LogP contribution in [-0.4, -0.2) is 19.1 Å². The minimum absolute atomic E-state index is 0.0968. The van der Waals surface area contributed by atoms with Crippen LogP contribution in [0.3, 0.4) is 0 Å². The molecule has 1 saturated heterocycles. The van der Waals surface area contributed by atoms with Crippen LogP contribution in [0.15, 0.2) is 0 Å². The predicted octanol–water partition coefficient (Wildman–Crippen LogP) is -0.207. The molecule has 0 saturated carbocycles. The summed E-state index contributed by atoms with van der Waals surface area (Å²) < 4.78 is 5.21. The Balaban J connectivity index is 2.19. The van der Waals surface area contributed by atoms with Crippen molar-refractivity contribution in [2.24, 2.45) is 11.8 Å². The molecular formula is C7H14N2O2. The Morgan fingerprint density at radius 3 is 3.09 bits per heavy atom. The van der Waals surface area contributed by atoms with Gasteiger partial charge in [-0.05, 0) is 18.8 Å². The second-order valence-electron chi connectivity index (χ2n) is 2.85. The Morgan fingerprint density at radius 2 is 2.55 bits per heavy atom. The lowest BCUT2D eigenvalue weighted by atomic mass is 9.98. The molecule has 1 atom stereocenters. The lowest BCUT2D eigenvalue weighted by molar-refractivity contribution is -0.123. The standard InChI is InChI=1S/C7H14N2O2/c8-9-7(10)4-6-2-1-3-11-5-6/h6H,1-5,8H2,(H,9,10). The van der Waals surface area contributed by atoms with Gasteiger partial charge >= 0.3 is 0 Å². The van der Waals surface area contributed by atoms with Crippen molar-refractivity contribution in [2.75, 3.05) is 13.2 Å². The first-order valence-corrected chi connectivity index (χ1v) is 3.90. The van der Waals surface area contributed by atoms with E-state index in [1.165, 1.54) is 0 Å². The Kier molecular flexibility index (Phi) is 3.32. The van der Waals surface area contributed by atoms with E-state index in [0.29, 0.717) is 18.9 Å². The molecule has 0 radical (unpaired) electrons. The zero-order chi connectivity index (χ0) is 8.10. The van der Waals surface area contributed by atoms with Crippen LogP contribution in [0.2, 0.25) is 0 Å². The highest BCUT2D eigenvalue weighted by Gasteiger charge is 2.16. The third kappa shape index (κ3) is 2.86.